The van der Waals surface area contributed by atoms with Crippen LogP contribution in [0.4, 0.5) is 0 Å². The second-order valence-electron chi connectivity index (χ2n) is 2.42. The van der Waals surface area contributed by atoms with Crippen molar-refractivity contribution < 1.29 is 5.11 Å². The molecule has 0 aliphatic carbocycles. The topological polar surface area (TPSA) is 76.7 Å². The average molecular weight is 177 g/mol. The molecule has 0 radical (unpaired) electrons. The zero-order chi connectivity index (χ0) is 9.10. The van der Waals surface area contributed by atoms with Crippen LogP contribution in [-0.4, -0.2) is 30.3 Å². The fourth-order valence-electron chi connectivity index (χ4n) is 0.974. The SMILES string of the molecule is OCc1cc(-n2cnnn2)ccn1. The summed E-state index contributed by atoms with van der Waals surface area (Å²) in [5.41, 5.74) is 1.37. The van der Waals surface area contributed by atoms with Gasteiger partial charge in [-0.05, 0) is 22.6 Å². The molecule has 0 unspecified atom stereocenters. The van der Waals surface area contributed by atoms with E-state index in [1.165, 1.54) is 11.0 Å². The van der Waals surface area contributed by atoms with E-state index in [0.717, 1.165) is 5.69 Å². The van der Waals surface area contributed by atoms with Crippen LogP contribution in [0.25, 0.3) is 5.69 Å². The summed E-state index contributed by atoms with van der Waals surface area (Å²) < 4.78 is 1.50. The summed E-state index contributed by atoms with van der Waals surface area (Å²) in [6.45, 7) is -0.0873. The monoisotopic (exact) mass is 177 g/mol. The maximum atomic E-state index is 8.84. The molecule has 2 aromatic heterocycles. The van der Waals surface area contributed by atoms with Crippen LogP contribution in [0.15, 0.2) is 24.7 Å². The highest BCUT2D eigenvalue weighted by Crippen LogP contribution is 2.05. The molecule has 0 amide bonds. The van der Waals surface area contributed by atoms with Crippen molar-refractivity contribution in [3.8, 4) is 5.69 Å². The first-order valence-electron chi connectivity index (χ1n) is 3.69. The molecule has 6 nitrogen and oxygen atoms in total. The Morgan fingerprint density at radius 3 is 3.08 bits per heavy atom. The van der Waals surface area contributed by atoms with Gasteiger partial charge in [0.1, 0.15) is 6.33 Å². The van der Waals surface area contributed by atoms with Crippen LogP contribution in [0, 0.1) is 0 Å². The van der Waals surface area contributed by atoms with E-state index in [2.05, 4.69) is 20.5 Å². The summed E-state index contributed by atoms with van der Waals surface area (Å²) in [5.74, 6) is 0. The molecule has 0 aromatic carbocycles. The largest absolute Gasteiger partial charge is 0.390 e. The Morgan fingerprint density at radius 1 is 1.46 bits per heavy atom. The quantitative estimate of drug-likeness (QED) is 0.672. The normalized spacial score (nSPS) is 10.2. The number of hydrogen-bond acceptors (Lipinski definition) is 5. The Balaban J connectivity index is 2.41. The predicted molar refractivity (Wildman–Crippen MR) is 42.9 cm³/mol. The fraction of sp³-hybridized carbons (Fsp3) is 0.143. The summed E-state index contributed by atoms with van der Waals surface area (Å²) in [6, 6.07) is 3.48. The number of hydrogen-bond donors (Lipinski definition) is 1. The highest BCUT2D eigenvalue weighted by atomic mass is 16.3. The van der Waals surface area contributed by atoms with Gasteiger partial charge < -0.3 is 5.11 Å². The number of rotatable bonds is 2. The Hall–Kier alpha value is -1.82. The third-order valence-electron chi connectivity index (χ3n) is 1.58. The molecule has 0 fully saturated rings. The van der Waals surface area contributed by atoms with Gasteiger partial charge in [-0.2, -0.15) is 0 Å². The molecule has 2 rings (SSSR count). The number of aliphatic hydroxyl groups excluding tert-OH is 1. The van der Waals surface area contributed by atoms with Crippen LogP contribution < -0.4 is 0 Å². The number of tetrazole rings is 1. The van der Waals surface area contributed by atoms with Gasteiger partial charge in [0, 0.05) is 6.20 Å². The molecule has 6 heteroatoms. The van der Waals surface area contributed by atoms with Gasteiger partial charge in [0.05, 0.1) is 18.0 Å². The van der Waals surface area contributed by atoms with Crippen molar-refractivity contribution in [1.82, 2.24) is 25.2 Å². The number of aliphatic hydroxyl groups is 1. The molecule has 0 spiro atoms. The number of nitrogens with zero attached hydrogens (tertiary/aromatic N) is 5. The van der Waals surface area contributed by atoms with Crippen molar-refractivity contribution >= 4 is 0 Å². The minimum absolute atomic E-state index is 0.0873. The lowest BCUT2D eigenvalue weighted by molar-refractivity contribution is 0.277. The van der Waals surface area contributed by atoms with Gasteiger partial charge in [-0.3, -0.25) is 4.98 Å². The molecule has 13 heavy (non-hydrogen) atoms. The smallest absolute Gasteiger partial charge is 0.143 e. The minimum atomic E-state index is -0.0873. The maximum Gasteiger partial charge on any atom is 0.143 e. The van der Waals surface area contributed by atoms with Gasteiger partial charge in [-0.15, -0.1) is 5.10 Å². The highest BCUT2D eigenvalue weighted by molar-refractivity contribution is 5.29. The van der Waals surface area contributed by atoms with Crippen molar-refractivity contribution in [3.63, 3.8) is 0 Å². The van der Waals surface area contributed by atoms with Gasteiger partial charge in [-0.1, -0.05) is 0 Å². The average Bonchev–Trinajstić information content (AvgIpc) is 2.71. The lowest BCUT2D eigenvalue weighted by Crippen LogP contribution is -1.97. The second-order valence-corrected chi connectivity index (χ2v) is 2.42. The summed E-state index contributed by atoms with van der Waals surface area (Å²) >= 11 is 0. The molecule has 0 aliphatic heterocycles. The lowest BCUT2D eigenvalue weighted by atomic mass is 10.3. The van der Waals surface area contributed by atoms with Gasteiger partial charge >= 0.3 is 0 Å². The van der Waals surface area contributed by atoms with Gasteiger partial charge in [0.15, 0.2) is 0 Å². The molecule has 0 aliphatic rings. The molecule has 2 heterocycles. The van der Waals surface area contributed by atoms with Crippen LogP contribution in [0.1, 0.15) is 5.69 Å². The number of aromatic nitrogens is 5. The molecular formula is C7H7N5O. The van der Waals surface area contributed by atoms with E-state index in [4.69, 9.17) is 5.11 Å². The van der Waals surface area contributed by atoms with Crippen molar-refractivity contribution in [2.45, 2.75) is 6.61 Å². The van der Waals surface area contributed by atoms with Crippen molar-refractivity contribution in [2.24, 2.45) is 0 Å². The van der Waals surface area contributed by atoms with Gasteiger partial charge in [-0.25, -0.2) is 4.68 Å². The third kappa shape index (κ3) is 1.52. The van der Waals surface area contributed by atoms with E-state index in [9.17, 15) is 0 Å². The van der Waals surface area contributed by atoms with Crippen LogP contribution in [0.3, 0.4) is 0 Å². The Bertz CT molecular complexity index is 386. The molecule has 0 saturated carbocycles. The van der Waals surface area contributed by atoms with Crippen molar-refractivity contribution in [2.75, 3.05) is 0 Å². The fourth-order valence-corrected chi connectivity index (χ4v) is 0.974. The van der Waals surface area contributed by atoms with E-state index in [-0.39, 0.29) is 6.61 Å². The van der Waals surface area contributed by atoms with Gasteiger partial charge in [0.2, 0.25) is 0 Å². The zero-order valence-corrected chi connectivity index (χ0v) is 6.70. The number of pyridine rings is 1. The van der Waals surface area contributed by atoms with Crippen molar-refractivity contribution in [1.29, 1.82) is 0 Å². The van der Waals surface area contributed by atoms with E-state index in [1.807, 2.05) is 0 Å². The summed E-state index contributed by atoms with van der Waals surface area (Å²) in [5, 5.41) is 19.6. The first-order valence-corrected chi connectivity index (χ1v) is 3.69. The lowest BCUT2D eigenvalue weighted by Gasteiger charge is -1.99. The van der Waals surface area contributed by atoms with E-state index >= 15 is 0 Å². The first kappa shape index (κ1) is 7.81. The molecule has 1 N–H and O–H groups in total. The summed E-state index contributed by atoms with van der Waals surface area (Å²) in [6.07, 6.45) is 3.08. The van der Waals surface area contributed by atoms with Gasteiger partial charge in [0.25, 0.3) is 0 Å². The first-order chi connectivity index (χ1) is 6.40. The van der Waals surface area contributed by atoms with E-state index in [0.29, 0.717) is 5.69 Å². The van der Waals surface area contributed by atoms with Crippen molar-refractivity contribution in [3.05, 3.63) is 30.4 Å². The summed E-state index contributed by atoms with van der Waals surface area (Å²) in [7, 11) is 0. The molecular weight excluding hydrogens is 170 g/mol. The predicted octanol–water partition coefficient (Wildman–Crippen LogP) is -0.450. The highest BCUT2D eigenvalue weighted by Gasteiger charge is 1.98. The molecule has 2 aromatic rings. The standard InChI is InChI=1S/C7H7N5O/c13-4-6-3-7(1-2-8-6)12-5-9-10-11-12/h1-3,5,13H,4H2. The molecule has 0 saturated heterocycles. The van der Waals surface area contributed by atoms with Crippen LogP contribution in [-0.2, 0) is 6.61 Å². The maximum absolute atomic E-state index is 8.84. The Kier molecular flexibility index (Phi) is 1.97. The zero-order valence-electron chi connectivity index (χ0n) is 6.70. The molecule has 66 valence electrons. The Morgan fingerprint density at radius 2 is 2.38 bits per heavy atom. The molecule has 0 atom stereocenters. The van der Waals surface area contributed by atoms with Crippen LogP contribution in [0.2, 0.25) is 0 Å². The van der Waals surface area contributed by atoms with E-state index < -0.39 is 0 Å². The minimum Gasteiger partial charge on any atom is -0.390 e. The Labute approximate surface area is 73.9 Å². The second kappa shape index (κ2) is 3.28. The summed E-state index contributed by atoms with van der Waals surface area (Å²) in [4.78, 5) is 3.94. The molecule has 0 bridgehead atoms. The van der Waals surface area contributed by atoms with Crippen LogP contribution >= 0.6 is 0 Å². The van der Waals surface area contributed by atoms with E-state index in [1.54, 1.807) is 18.3 Å². The van der Waals surface area contributed by atoms with Crippen LogP contribution in [0.5, 0.6) is 0 Å². The third-order valence-corrected chi connectivity index (χ3v) is 1.58.